The SMILES string of the molecule is COc1ccc2cc(CN(CC3CCCO3)C(=S)Nc3ccccc3OC)c(=O)[nH]c2c1. The lowest BCUT2D eigenvalue weighted by Crippen LogP contribution is -2.40. The predicted octanol–water partition coefficient (Wildman–Crippen LogP) is 3.92. The van der Waals surface area contributed by atoms with Gasteiger partial charge in [-0.3, -0.25) is 4.79 Å². The summed E-state index contributed by atoms with van der Waals surface area (Å²) in [5.41, 5.74) is 1.99. The van der Waals surface area contributed by atoms with Gasteiger partial charge in [-0.2, -0.15) is 0 Å². The van der Waals surface area contributed by atoms with Gasteiger partial charge in [0.2, 0.25) is 0 Å². The summed E-state index contributed by atoms with van der Waals surface area (Å²) in [4.78, 5) is 17.8. The second-order valence-corrected chi connectivity index (χ2v) is 8.11. The van der Waals surface area contributed by atoms with Gasteiger partial charge in [0.05, 0.1) is 38.1 Å². The van der Waals surface area contributed by atoms with Crippen LogP contribution in [0.2, 0.25) is 0 Å². The topological polar surface area (TPSA) is 75.8 Å². The maximum absolute atomic E-state index is 12.8. The summed E-state index contributed by atoms with van der Waals surface area (Å²) in [6.45, 7) is 1.71. The largest absolute Gasteiger partial charge is 0.497 e. The van der Waals surface area contributed by atoms with Gasteiger partial charge in [-0.05, 0) is 60.8 Å². The van der Waals surface area contributed by atoms with Crippen LogP contribution in [0.25, 0.3) is 10.9 Å². The van der Waals surface area contributed by atoms with Crippen molar-refractivity contribution in [3.63, 3.8) is 0 Å². The summed E-state index contributed by atoms with van der Waals surface area (Å²) in [5, 5.41) is 4.72. The molecule has 7 nitrogen and oxygen atoms in total. The van der Waals surface area contributed by atoms with Crippen LogP contribution < -0.4 is 20.3 Å². The van der Waals surface area contributed by atoms with E-state index in [0.29, 0.717) is 35.3 Å². The zero-order valence-corrected chi connectivity index (χ0v) is 19.0. The molecule has 1 unspecified atom stereocenters. The molecule has 1 aliphatic heterocycles. The lowest BCUT2D eigenvalue weighted by molar-refractivity contribution is 0.0904. The molecule has 1 atom stereocenters. The number of anilines is 1. The quantitative estimate of drug-likeness (QED) is 0.525. The molecule has 0 saturated carbocycles. The number of aromatic amines is 1. The summed E-state index contributed by atoms with van der Waals surface area (Å²) in [7, 11) is 3.23. The molecule has 1 aromatic heterocycles. The van der Waals surface area contributed by atoms with Gasteiger partial charge in [-0.25, -0.2) is 0 Å². The van der Waals surface area contributed by atoms with Crippen LogP contribution in [0.5, 0.6) is 11.5 Å². The van der Waals surface area contributed by atoms with Crippen molar-refractivity contribution in [1.82, 2.24) is 9.88 Å². The number of para-hydroxylation sites is 2. The summed E-state index contributed by atoms with van der Waals surface area (Å²) in [6.07, 6.45) is 2.09. The van der Waals surface area contributed by atoms with Gasteiger partial charge >= 0.3 is 0 Å². The number of ether oxygens (including phenoxy) is 3. The summed E-state index contributed by atoms with van der Waals surface area (Å²) in [6, 6.07) is 15.1. The third-order valence-electron chi connectivity index (χ3n) is 5.58. The fourth-order valence-corrected chi connectivity index (χ4v) is 4.12. The Kier molecular flexibility index (Phi) is 6.92. The van der Waals surface area contributed by atoms with Crippen molar-refractivity contribution in [3.8, 4) is 11.5 Å². The number of hydrogen-bond donors (Lipinski definition) is 2. The Morgan fingerprint density at radius 3 is 2.81 bits per heavy atom. The smallest absolute Gasteiger partial charge is 0.253 e. The first-order valence-corrected chi connectivity index (χ1v) is 11.0. The third-order valence-corrected chi connectivity index (χ3v) is 5.94. The lowest BCUT2D eigenvalue weighted by atomic mass is 10.1. The van der Waals surface area contributed by atoms with Crippen molar-refractivity contribution >= 4 is 33.9 Å². The number of nitrogens with one attached hydrogen (secondary N) is 2. The molecule has 2 aromatic carbocycles. The Hall–Kier alpha value is -3.10. The van der Waals surface area contributed by atoms with Crippen LogP contribution in [0.1, 0.15) is 18.4 Å². The van der Waals surface area contributed by atoms with Gasteiger partial charge in [0.25, 0.3) is 5.56 Å². The van der Waals surface area contributed by atoms with Gasteiger partial charge in [0, 0.05) is 24.8 Å². The number of fused-ring (bicyclic) bond motifs is 1. The standard InChI is InChI=1S/C24H27N3O4S/c1-29-18-10-9-16-12-17(23(28)25-21(16)13-18)14-27(15-19-6-5-11-31-19)24(32)26-20-7-3-4-8-22(20)30-2/h3-4,7-10,12-13,19H,5-6,11,14-15H2,1-2H3,(H,25,28)(H,26,32). The zero-order valence-electron chi connectivity index (χ0n) is 18.2. The number of thiocarbonyl (C=S) groups is 1. The van der Waals surface area contributed by atoms with E-state index in [4.69, 9.17) is 26.4 Å². The summed E-state index contributed by atoms with van der Waals surface area (Å²) in [5.74, 6) is 1.40. The van der Waals surface area contributed by atoms with Gasteiger partial charge in [0.1, 0.15) is 11.5 Å². The van der Waals surface area contributed by atoms with E-state index >= 15 is 0 Å². The molecule has 0 bridgehead atoms. The van der Waals surface area contributed by atoms with E-state index in [9.17, 15) is 4.79 Å². The molecule has 1 aliphatic rings. The van der Waals surface area contributed by atoms with Crippen molar-refractivity contribution in [3.05, 3.63) is 64.4 Å². The van der Waals surface area contributed by atoms with Crippen molar-refractivity contribution < 1.29 is 14.2 Å². The normalized spacial score (nSPS) is 15.5. The molecule has 2 heterocycles. The monoisotopic (exact) mass is 453 g/mol. The average molecular weight is 454 g/mol. The molecule has 0 radical (unpaired) electrons. The van der Waals surface area contributed by atoms with Crippen LogP contribution in [0.15, 0.2) is 53.3 Å². The van der Waals surface area contributed by atoms with Gasteiger partial charge in [-0.15, -0.1) is 0 Å². The number of aromatic nitrogens is 1. The van der Waals surface area contributed by atoms with E-state index in [1.54, 1.807) is 14.2 Å². The number of benzene rings is 2. The molecule has 168 valence electrons. The van der Waals surface area contributed by atoms with E-state index in [2.05, 4.69) is 10.3 Å². The van der Waals surface area contributed by atoms with Crippen molar-refractivity contribution in [2.45, 2.75) is 25.5 Å². The minimum atomic E-state index is -0.150. The molecular formula is C24H27N3O4S. The number of nitrogens with zero attached hydrogens (tertiary/aromatic N) is 1. The molecule has 0 aliphatic carbocycles. The van der Waals surface area contributed by atoms with Crippen LogP contribution in [0.4, 0.5) is 5.69 Å². The summed E-state index contributed by atoms with van der Waals surface area (Å²) < 4.78 is 16.5. The molecule has 8 heteroatoms. The number of pyridine rings is 1. The van der Waals surface area contributed by atoms with E-state index < -0.39 is 0 Å². The molecule has 2 N–H and O–H groups in total. The number of rotatable bonds is 7. The van der Waals surface area contributed by atoms with E-state index in [1.165, 1.54) is 0 Å². The highest BCUT2D eigenvalue weighted by Crippen LogP contribution is 2.25. The average Bonchev–Trinajstić information content (AvgIpc) is 3.32. The maximum Gasteiger partial charge on any atom is 0.253 e. The lowest BCUT2D eigenvalue weighted by Gasteiger charge is -2.28. The Balaban J connectivity index is 1.60. The van der Waals surface area contributed by atoms with Crippen molar-refractivity contribution in [2.75, 3.05) is 32.7 Å². The van der Waals surface area contributed by atoms with Crippen LogP contribution in [0.3, 0.4) is 0 Å². The van der Waals surface area contributed by atoms with Crippen LogP contribution in [0, 0.1) is 0 Å². The molecule has 3 aromatic rings. The fourth-order valence-electron chi connectivity index (χ4n) is 3.87. The maximum atomic E-state index is 12.8. The summed E-state index contributed by atoms with van der Waals surface area (Å²) >= 11 is 5.75. The van der Waals surface area contributed by atoms with E-state index in [0.717, 1.165) is 36.0 Å². The Morgan fingerprint density at radius 2 is 2.06 bits per heavy atom. The number of hydrogen-bond acceptors (Lipinski definition) is 5. The first-order chi connectivity index (χ1) is 15.6. The Labute approximate surface area is 192 Å². The molecule has 0 amide bonds. The molecule has 1 fully saturated rings. The van der Waals surface area contributed by atoms with E-state index in [-0.39, 0.29) is 11.7 Å². The molecule has 0 spiro atoms. The third kappa shape index (κ3) is 5.03. The molecular weight excluding hydrogens is 426 g/mol. The second kappa shape index (κ2) is 10.0. The Bertz CT molecular complexity index is 1160. The van der Waals surface area contributed by atoms with Crippen LogP contribution in [-0.4, -0.2) is 48.5 Å². The van der Waals surface area contributed by atoms with Gasteiger partial charge in [-0.1, -0.05) is 12.1 Å². The van der Waals surface area contributed by atoms with E-state index in [1.807, 2.05) is 53.4 Å². The molecule has 4 rings (SSSR count). The predicted molar refractivity (Wildman–Crippen MR) is 130 cm³/mol. The first kappa shape index (κ1) is 22.1. The highest BCUT2D eigenvalue weighted by atomic mass is 32.1. The minimum Gasteiger partial charge on any atom is -0.497 e. The fraction of sp³-hybridized carbons (Fsp3) is 0.333. The van der Waals surface area contributed by atoms with Crippen LogP contribution in [-0.2, 0) is 11.3 Å². The first-order valence-electron chi connectivity index (χ1n) is 10.6. The van der Waals surface area contributed by atoms with Crippen LogP contribution >= 0.6 is 12.2 Å². The van der Waals surface area contributed by atoms with Gasteiger partial charge < -0.3 is 29.4 Å². The highest BCUT2D eigenvalue weighted by molar-refractivity contribution is 7.80. The second-order valence-electron chi connectivity index (χ2n) is 7.72. The molecule has 32 heavy (non-hydrogen) atoms. The number of H-pyrrole nitrogens is 1. The highest BCUT2D eigenvalue weighted by Gasteiger charge is 2.22. The van der Waals surface area contributed by atoms with Gasteiger partial charge in [0.15, 0.2) is 5.11 Å². The molecule has 1 saturated heterocycles. The Morgan fingerprint density at radius 1 is 1.22 bits per heavy atom. The van der Waals surface area contributed by atoms with Crippen molar-refractivity contribution in [2.24, 2.45) is 0 Å². The number of methoxy groups -OCH3 is 2. The van der Waals surface area contributed by atoms with Crippen molar-refractivity contribution in [1.29, 1.82) is 0 Å². The minimum absolute atomic E-state index is 0.0798. The zero-order chi connectivity index (χ0) is 22.5.